The van der Waals surface area contributed by atoms with Crippen LogP contribution in [0.4, 0.5) is 0 Å². The molecule has 0 spiro atoms. The van der Waals surface area contributed by atoms with Crippen molar-refractivity contribution in [1.82, 2.24) is 10.2 Å². The number of likely N-dealkylation sites (N-methyl/N-ethyl adjacent to an activating group) is 1. The van der Waals surface area contributed by atoms with Gasteiger partial charge in [-0.25, -0.2) is 0 Å². The van der Waals surface area contributed by atoms with E-state index in [9.17, 15) is 5.11 Å². The van der Waals surface area contributed by atoms with Crippen LogP contribution >= 0.6 is 0 Å². The number of hydrogen-bond donors (Lipinski definition) is 2. The minimum atomic E-state index is 0.0253. The lowest BCUT2D eigenvalue weighted by molar-refractivity contribution is 0.111. The Morgan fingerprint density at radius 2 is 1.80 bits per heavy atom. The van der Waals surface area contributed by atoms with Gasteiger partial charge in [0, 0.05) is 5.54 Å². The highest BCUT2D eigenvalue weighted by Gasteiger charge is 2.41. The van der Waals surface area contributed by atoms with Crippen LogP contribution in [0.3, 0.4) is 0 Å². The van der Waals surface area contributed by atoms with Gasteiger partial charge in [0.15, 0.2) is 0 Å². The summed E-state index contributed by atoms with van der Waals surface area (Å²) in [5.74, 6) is 0.665. The maximum atomic E-state index is 9.86. The molecule has 1 aliphatic carbocycles. The molecule has 1 saturated carbocycles. The van der Waals surface area contributed by atoms with Gasteiger partial charge in [-0.2, -0.15) is 0 Å². The lowest BCUT2D eigenvalue weighted by atomic mass is 9.85. The molecule has 0 radical (unpaired) electrons. The van der Waals surface area contributed by atoms with Gasteiger partial charge in [-0.15, -0.1) is 0 Å². The van der Waals surface area contributed by atoms with Crippen molar-refractivity contribution >= 4 is 0 Å². The van der Waals surface area contributed by atoms with E-state index in [0.717, 1.165) is 13.0 Å². The summed E-state index contributed by atoms with van der Waals surface area (Å²) in [6.45, 7) is 7.26. The minimum Gasteiger partial charge on any atom is -0.394 e. The van der Waals surface area contributed by atoms with E-state index in [-0.39, 0.29) is 5.54 Å². The van der Waals surface area contributed by atoms with Crippen molar-refractivity contribution in [3.05, 3.63) is 0 Å². The molecule has 3 heteroatoms. The van der Waals surface area contributed by atoms with Crippen molar-refractivity contribution in [1.29, 1.82) is 0 Å². The first kappa shape index (κ1) is 16.3. The van der Waals surface area contributed by atoms with Crippen LogP contribution < -0.4 is 5.32 Å². The normalized spacial score (nSPS) is 33.0. The third-order valence-corrected chi connectivity index (χ3v) is 5.51. The number of nitrogens with one attached hydrogen (secondary N) is 1. The SMILES string of the molecule is CCNC1(CO)CCCC1CCN1CCCCCCC1. The lowest BCUT2D eigenvalue weighted by Crippen LogP contribution is -2.52. The summed E-state index contributed by atoms with van der Waals surface area (Å²) in [5, 5.41) is 13.5. The molecule has 2 fully saturated rings. The molecule has 1 aliphatic heterocycles. The Morgan fingerprint density at radius 3 is 2.45 bits per heavy atom. The molecule has 2 N–H and O–H groups in total. The third kappa shape index (κ3) is 4.19. The van der Waals surface area contributed by atoms with Crippen LogP contribution in [0.1, 0.15) is 64.7 Å². The summed E-state index contributed by atoms with van der Waals surface area (Å²) in [5.41, 5.74) is 0.0253. The maximum absolute atomic E-state index is 9.86. The second-order valence-corrected chi connectivity index (χ2v) is 6.83. The number of aliphatic hydroxyl groups is 1. The highest BCUT2D eigenvalue weighted by Crippen LogP contribution is 2.37. The number of rotatable bonds is 6. The zero-order valence-corrected chi connectivity index (χ0v) is 13.4. The first-order valence-corrected chi connectivity index (χ1v) is 8.89. The average Bonchev–Trinajstić information content (AvgIpc) is 2.81. The Balaban J connectivity index is 1.81. The highest BCUT2D eigenvalue weighted by atomic mass is 16.3. The van der Waals surface area contributed by atoms with E-state index in [4.69, 9.17) is 0 Å². The first-order valence-electron chi connectivity index (χ1n) is 8.89. The quantitative estimate of drug-likeness (QED) is 0.786. The van der Waals surface area contributed by atoms with Crippen molar-refractivity contribution in [2.24, 2.45) is 5.92 Å². The van der Waals surface area contributed by atoms with Crippen LogP contribution in [-0.4, -0.2) is 48.3 Å². The van der Waals surface area contributed by atoms with Crippen LogP contribution in [0.25, 0.3) is 0 Å². The van der Waals surface area contributed by atoms with Gasteiger partial charge in [0.05, 0.1) is 6.61 Å². The molecular weight excluding hydrogens is 248 g/mol. The Hall–Kier alpha value is -0.120. The fourth-order valence-electron chi connectivity index (χ4n) is 4.29. The van der Waals surface area contributed by atoms with E-state index >= 15 is 0 Å². The standard InChI is InChI=1S/C17H34N2O/c1-2-18-17(15-20)11-8-9-16(17)10-14-19-12-6-4-3-5-7-13-19/h16,18,20H,2-15H2,1H3. The van der Waals surface area contributed by atoms with Crippen molar-refractivity contribution in [2.75, 3.05) is 32.8 Å². The maximum Gasteiger partial charge on any atom is 0.0616 e. The summed E-state index contributed by atoms with van der Waals surface area (Å²) in [6.07, 6.45) is 12.0. The zero-order chi connectivity index (χ0) is 14.3. The molecule has 0 aromatic heterocycles. The van der Waals surface area contributed by atoms with Gasteiger partial charge in [-0.05, 0) is 64.2 Å². The average molecular weight is 282 g/mol. The molecule has 0 bridgehead atoms. The fourth-order valence-corrected chi connectivity index (χ4v) is 4.29. The molecule has 20 heavy (non-hydrogen) atoms. The second-order valence-electron chi connectivity index (χ2n) is 6.83. The number of likely N-dealkylation sites (tertiary alicyclic amines) is 1. The van der Waals surface area contributed by atoms with E-state index in [0.29, 0.717) is 12.5 Å². The predicted molar refractivity (Wildman–Crippen MR) is 85.0 cm³/mol. The van der Waals surface area contributed by atoms with Crippen LogP contribution in [0.2, 0.25) is 0 Å². The summed E-state index contributed by atoms with van der Waals surface area (Å²) in [6, 6.07) is 0. The smallest absolute Gasteiger partial charge is 0.0616 e. The van der Waals surface area contributed by atoms with Crippen LogP contribution in [0.15, 0.2) is 0 Å². The zero-order valence-electron chi connectivity index (χ0n) is 13.4. The van der Waals surface area contributed by atoms with Gasteiger partial charge >= 0.3 is 0 Å². The fraction of sp³-hybridized carbons (Fsp3) is 1.00. The summed E-state index contributed by atoms with van der Waals surface area (Å²) in [7, 11) is 0. The molecule has 1 saturated heterocycles. The van der Waals surface area contributed by atoms with E-state index in [1.165, 1.54) is 71.0 Å². The van der Waals surface area contributed by atoms with Crippen molar-refractivity contribution in [2.45, 2.75) is 70.3 Å². The minimum absolute atomic E-state index is 0.0253. The lowest BCUT2D eigenvalue weighted by Gasteiger charge is -2.36. The van der Waals surface area contributed by atoms with Crippen molar-refractivity contribution < 1.29 is 5.11 Å². The number of nitrogens with zero attached hydrogens (tertiary/aromatic N) is 1. The molecule has 3 nitrogen and oxygen atoms in total. The summed E-state index contributed by atoms with van der Waals surface area (Å²) < 4.78 is 0. The van der Waals surface area contributed by atoms with Crippen LogP contribution in [0.5, 0.6) is 0 Å². The molecule has 2 unspecified atom stereocenters. The molecule has 2 aliphatic rings. The van der Waals surface area contributed by atoms with Gasteiger partial charge in [0.25, 0.3) is 0 Å². The van der Waals surface area contributed by atoms with E-state index in [1.54, 1.807) is 0 Å². The Labute approximate surface area is 125 Å². The van der Waals surface area contributed by atoms with Crippen LogP contribution in [0, 0.1) is 5.92 Å². The monoisotopic (exact) mass is 282 g/mol. The first-order chi connectivity index (χ1) is 9.80. The number of hydrogen-bond acceptors (Lipinski definition) is 3. The molecule has 0 aromatic rings. The molecule has 0 amide bonds. The van der Waals surface area contributed by atoms with Gasteiger partial charge in [0.2, 0.25) is 0 Å². The van der Waals surface area contributed by atoms with Gasteiger partial charge < -0.3 is 15.3 Å². The Morgan fingerprint density at radius 1 is 1.10 bits per heavy atom. The molecule has 0 aromatic carbocycles. The van der Waals surface area contributed by atoms with E-state index < -0.39 is 0 Å². The van der Waals surface area contributed by atoms with Gasteiger partial charge in [-0.3, -0.25) is 0 Å². The van der Waals surface area contributed by atoms with Gasteiger partial charge in [0.1, 0.15) is 0 Å². The summed E-state index contributed by atoms with van der Waals surface area (Å²) in [4.78, 5) is 2.67. The van der Waals surface area contributed by atoms with Crippen molar-refractivity contribution in [3.63, 3.8) is 0 Å². The molecule has 2 atom stereocenters. The predicted octanol–water partition coefficient (Wildman–Crippen LogP) is 2.78. The summed E-state index contributed by atoms with van der Waals surface area (Å²) >= 11 is 0. The third-order valence-electron chi connectivity index (χ3n) is 5.51. The topological polar surface area (TPSA) is 35.5 Å². The van der Waals surface area contributed by atoms with E-state index in [1.807, 2.05) is 0 Å². The number of aliphatic hydroxyl groups excluding tert-OH is 1. The largest absolute Gasteiger partial charge is 0.394 e. The van der Waals surface area contributed by atoms with Gasteiger partial charge in [-0.1, -0.05) is 32.6 Å². The highest BCUT2D eigenvalue weighted by molar-refractivity contribution is 4.98. The van der Waals surface area contributed by atoms with Crippen molar-refractivity contribution in [3.8, 4) is 0 Å². The Kier molecular flexibility index (Phi) is 6.79. The molecular formula is C17H34N2O. The van der Waals surface area contributed by atoms with Crippen LogP contribution in [-0.2, 0) is 0 Å². The molecule has 118 valence electrons. The van der Waals surface area contributed by atoms with E-state index in [2.05, 4.69) is 17.1 Å². The second kappa shape index (κ2) is 8.35. The molecule has 1 heterocycles. The Bertz CT molecular complexity index is 264. The molecule has 2 rings (SSSR count).